The van der Waals surface area contributed by atoms with Gasteiger partial charge in [-0.25, -0.2) is 4.98 Å². The Morgan fingerprint density at radius 1 is 1.47 bits per heavy atom. The number of hydrogen-bond acceptors (Lipinski definition) is 5. The summed E-state index contributed by atoms with van der Waals surface area (Å²) in [6.07, 6.45) is 0. The molecule has 2 aromatic rings. The summed E-state index contributed by atoms with van der Waals surface area (Å²) in [5, 5.41) is 11.0. The standard InChI is InChI=1S/C13H17N3S2.ClH/c1-10-6-14-3-4-16(10)7-12-9-18-13(15-12)11-2-5-17-8-11;/h2,5,8-10,14H,3-4,6-7H2,1H3;1H. The Hall–Kier alpha value is -0.460. The van der Waals surface area contributed by atoms with E-state index in [0.717, 1.165) is 31.2 Å². The van der Waals surface area contributed by atoms with Crippen LogP contribution in [0.25, 0.3) is 10.6 Å². The van der Waals surface area contributed by atoms with Crippen LogP contribution in [0.1, 0.15) is 12.6 Å². The lowest BCUT2D eigenvalue weighted by Gasteiger charge is -2.33. The minimum atomic E-state index is 0. The number of piperazine rings is 1. The van der Waals surface area contributed by atoms with E-state index in [2.05, 4.69) is 39.3 Å². The molecular weight excluding hydrogens is 298 g/mol. The Balaban J connectivity index is 0.00000133. The normalized spacial score (nSPS) is 20.2. The molecule has 104 valence electrons. The summed E-state index contributed by atoms with van der Waals surface area (Å²) in [6.45, 7) is 6.54. The second-order valence-corrected chi connectivity index (χ2v) is 6.32. The lowest BCUT2D eigenvalue weighted by atomic mass is 10.2. The maximum Gasteiger partial charge on any atom is 0.124 e. The van der Waals surface area contributed by atoms with Crippen LogP contribution in [0.15, 0.2) is 22.2 Å². The molecule has 0 amide bonds. The average Bonchev–Trinajstić information content (AvgIpc) is 3.02. The second kappa shape index (κ2) is 6.81. The smallest absolute Gasteiger partial charge is 0.124 e. The Bertz CT molecular complexity index is 498. The molecule has 0 bridgehead atoms. The molecule has 2 aromatic heterocycles. The highest BCUT2D eigenvalue weighted by molar-refractivity contribution is 7.14. The Labute approximate surface area is 128 Å². The zero-order valence-electron chi connectivity index (χ0n) is 10.8. The number of nitrogens with one attached hydrogen (secondary N) is 1. The topological polar surface area (TPSA) is 28.2 Å². The van der Waals surface area contributed by atoms with Crippen molar-refractivity contribution in [2.75, 3.05) is 19.6 Å². The van der Waals surface area contributed by atoms with Crippen molar-refractivity contribution in [2.24, 2.45) is 0 Å². The third-order valence-corrected chi connectivity index (χ3v) is 4.95. The minimum absolute atomic E-state index is 0. The fourth-order valence-electron chi connectivity index (χ4n) is 2.22. The molecular formula is C13H18ClN3S2. The summed E-state index contributed by atoms with van der Waals surface area (Å²) in [5.41, 5.74) is 2.46. The van der Waals surface area contributed by atoms with Crippen molar-refractivity contribution in [3.8, 4) is 10.6 Å². The number of rotatable bonds is 3. The maximum atomic E-state index is 4.74. The van der Waals surface area contributed by atoms with Crippen molar-refractivity contribution >= 4 is 35.1 Å². The highest BCUT2D eigenvalue weighted by atomic mass is 35.5. The molecule has 1 aliphatic rings. The van der Waals surface area contributed by atoms with E-state index in [1.54, 1.807) is 22.7 Å². The molecule has 0 saturated carbocycles. The zero-order valence-corrected chi connectivity index (χ0v) is 13.3. The Kier molecular flexibility index (Phi) is 5.36. The number of thiophene rings is 1. The highest BCUT2D eigenvalue weighted by Crippen LogP contribution is 2.26. The van der Waals surface area contributed by atoms with E-state index < -0.39 is 0 Å². The van der Waals surface area contributed by atoms with Gasteiger partial charge in [-0.1, -0.05) is 0 Å². The van der Waals surface area contributed by atoms with Crippen LogP contribution >= 0.6 is 35.1 Å². The van der Waals surface area contributed by atoms with E-state index in [-0.39, 0.29) is 12.4 Å². The van der Waals surface area contributed by atoms with E-state index in [1.165, 1.54) is 11.3 Å². The van der Waals surface area contributed by atoms with Gasteiger partial charge in [-0.3, -0.25) is 4.90 Å². The van der Waals surface area contributed by atoms with Crippen LogP contribution in [-0.4, -0.2) is 35.6 Å². The van der Waals surface area contributed by atoms with E-state index in [1.807, 2.05) is 0 Å². The molecule has 3 heterocycles. The summed E-state index contributed by atoms with van der Waals surface area (Å²) >= 11 is 3.48. The van der Waals surface area contributed by atoms with Gasteiger partial charge in [0.15, 0.2) is 0 Å². The van der Waals surface area contributed by atoms with Crippen molar-refractivity contribution in [1.82, 2.24) is 15.2 Å². The van der Waals surface area contributed by atoms with E-state index in [4.69, 9.17) is 4.98 Å². The molecule has 1 saturated heterocycles. The molecule has 0 aromatic carbocycles. The summed E-state index contributed by atoms with van der Waals surface area (Å²) in [6, 6.07) is 2.74. The Morgan fingerprint density at radius 2 is 2.37 bits per heavy atom. The summed E-state index contributed by atoms with van der Waals surface area (Å²) in [4.78, 5) is 7.25. The molecule has 3 nitrogen and oxygen atoms in total. The average molecular weight is 316 g/mol. The Morgan fingerprint density at radius 3 is 3.11 bits per heavy atom. The first-order valence-corrected chi connectivity index (χ1v) is 8.07. The molecule has 1 atom stereocenters. The summed E-state index contributed by atoms with van der Waals surface area (Å²) in [7, 11) is 0. The van der Waals surface area contributed by atoms with Crippen LogP contribution in [0.3, 0.4) is 0 Å². The van der Waals surface area contributed by atoms with Gasteiger partial charge < -0.3 is 5.32 Å². The van der Waals surface area contributed by atoms with Crippen molar-refractivity contribution in [3.63, 3.8) is 0 Å². The molecule has 19 heavy (non-hydrogen) atoms. The first-order chi connectivity index (χ1) is 8.83. The highest BCUT2D eigenvalue weighted by Gasteiger charge is 2.18. The van der Waals surface area contributed by atoms with Crippen molar-refractivity contribution < 1.29 is 0 Å². The summed E-state index contributed by atoms with van der Waals surface area (Å²) in [5.74, 6) is 0. The van der Waals surface area contributed by atoms with Crippen LogP contribution in [-0.2, 0) is 6.54 Å². The van der Waals surface area contributed by atoms with Gasteiger partial charge in [-0.2, -0.15) is 11.3 Å². The third-order valence-electron chi connectivity index (χ3n) is 3.32. The molecule has 0 aliphatic carbocycles. The first kappa shape index (κ1) is 14.9. The van der Waals surface area contributed by atoms with Gasteiger partial charge in [0.2, 0.25) is 0 Å². The molecule has 1 N–H and O–H groups in total. The monoisotopic (exact) mass is 315 g/mol. The summed E-state index contributed by atoms with van der Waals surface area (Å²) < 4.78 is 0. The third kappa shape index (κ3) is 3.55. The number of halogens is 1. The zero-order chi connectivity index (χ0) is 12.4. The number of thiazole rings is 1. The fourth-order valence-corrected chi connectivity index (χ4v) is 3.75. The quantitative estimate of drug-likeness (QED) is 0.943. The number of aromatic nitrogens is 1. The SMILES string of the molecule is CC1CNCCN1Cc1csc(-c2ccsc2)n1.Cl. The number of hydrogen-bond donors (Lipinski definition) is 1. The van der Waals surface area contributed by atoms with Crippen LogP contribution in [0.5, 0.6) is 0 Å². The predicted molar refractivity (Wildman–Crippen MR) is 85.4 cm³/mol. The van der Waals surface area contributed by atoms with Gasteiger partial charge in [-0.15, -0.1) is 23.7 Å². The lowest BCUT2D eigenvalue weighted by Crippen LogP contribution is -2.49. The van der Waals surface area contributed by atoms with Gasteiger partial charge in [-0.05, 0) is 18.4 Å². The van der Waals surface area contributed by atoms with Crippen LogP contribution in [0.4, 0.5) is 0 Å². The van der Waals surface area contributed by atoms with Gasteiger partial charge in [0.05, 0.1) is 5.69 Å². The molecule has 1 unspecified atom stereocenters. The van der Waals surface area contributed by atoms with Crippen LogP contribution in [0, 0.1) is 0 Å². The lowest BCUT2D eigenvalue weighted by molar-refractivity contribution is 0.164. The van der Waals surface area contributed by atoms with Gasteiger partial charge in [0, 0.05) is 48.5 Å². The fraction of sp³-hybridized carbons (Fsp3) is 0.462. The number of nitrogens with zero attached hydrogens (tertiary/aromatic N) is 2. The van der Waals surface area contributed by atoms with Crippen LogP contribution < -0.4 is 5.32 Å². The maximum absolute atomic E-state index is 4.74. The van der Waals surface area contributed by atoms with Crippen molar-refractivity contribution in [1.29, 1.82) is 0 Å². The predicted octanol–water partition coefficient (Wildman–Crippen LogP) is 3.09. The van der Waals surface area contributed by atoms with Gasteiger partial charge in [0.1, 0.15) is 5.01 Å². The molecule has 3 rings (SSSR count). The van der Waals surface area contributed by atoms with Gasteiger partial charge >= 0.3 is 0 Å². The molecule has 6 heteroatoms. The molecule has 1 aliphatic heterocycles. The minimum Gasteiger partial charge on any atom is -0.314 e. The largest absolute Gasteiger partial charge is 0.314 e. The van der Waals surface area contributed by atoms with E-state index in [0.29, 0.717) is 6.04 Å². The van der Waals surface area contributed by atoms with Crippen molar-refractivity contribution in [2.45, 2.75) is 19.5 Å². The molecule has 0 radical (unpaired) electrons. The molecule has 1 fully saturated rings. The van der Waals surface area contributed by atoms with E-state index in [9.17, 15) is 0 Å². The second-order valence-electron chi connectivity index (χ2n) is 4.68. The van der Waals surface area contributed by atoms with Crippen molar-refractivity contribution in [3.05, 3.63) is 27.9 Å². The van der Waals surface area contributed by atoms with Crippen LogP contribution in [0.2, 0.25) is 0 Å². The van der Waals surface area contributed by atoms with Gasteiger partial charge in [0.25, 0.3) is 0 Å². The first-order valence-electron chi connectivity index (χ1n) is 6.24. The van der Waals surface area contributed by atoms with E-state index >= 15 is 0 Å². The molecule has 0 spiro atoms.